The summed E-state index contributed by atoms with van der Waals surface area (Å²) in [4.78, 5) is 11.0. The molecule has 6 heteroatoms. The van der Waals surface area contributed by atoms with Gasteiger partial charge in [-0.25, -0.2) is 9.67 Å². The molecule has 1 atom stereocenters. The highest BCUT2D eigenvalue weighted by Crippen LogP contribution is 2.18. The van der Waals surface area contributed by atoms with E-state index in [1.54, 1.807) is 36.4 Å². The Hall–Kier alpha value is -1.95. The number of aliphatic hydroxyl groups excluding tert-OH is 1. The van der Waals surface area contributed by atoms with Crippen molar-refractivity contribution < 1.29 is 5.11 Å². The molecule has 1 aliphatic heterocycles. The van der Waals surface area contributed by atoms with Gasteiger partial charge >= 0.3 is 0 Å². The molecule has 1 N–H and O–H groups in total. The second-order valence-corrected chi connectivity index (χ2v) is 4.82. The minimum absolute atomic E-state index is 0.525. The summed E-state index contributed by atoms with van der Waals surface area (Å²) in [6, 6.07) is 0. The third kappa shape index (κ3) is 2.44. The number of aliphatic hydroxyl groups is 1. The summed E-state index contributed by atoms with van der Waals surface area (Å²) in [6.07, 6.45) is 8.78. The average molecular weight is 259 g/mol. The van der Waals surface area contributed by atoms with Gasteiger partial charge in [-0.2, -0.15) is 5.10 Å². The molecule has 2 aromatic rings. The normalized spacial score (nSPS) is 16.8. The van der Waals surface area contributed by atoms with Crippen LogP contribution in [0.15, 0.2) is 24.8 Å². The van der Waals surface area contributed by atoms with Crippen LogP contribution in [-0.2, 0) is 0 Å². The molecule has 1 aliphatic rings. The van der Waals surface area contributed by atoms with Gasteiger partial charge in [0.05, 0.1) is 24.7 Å². The van der Waals surface area contributed by atoms with Gasteiger partial charge in [0, 0.05) is 24.8 Å². The standard InChI is InChI=1S/C13H17N5O/c1-10(19)11-6-15-18(9-11)13-8-14-7-12(16-13)17-4-2-3-5-17/h6-10,19H,2-5H2,1H3. The van der Waals surface area contributed by atoms with Crippen molar-refractivity contribution in [3.05, 3.63) is 30.4 Å². The molecule has 1 saturated heterocycles. The zero-order valence-electron chi connectivity index (χ0n) is 10.9. The van der Waals surface area contributed by atoms with E-state index in [1.165, 1.54) is 12.8 Å². The molecule has 0 saturated carbocycles. The minimum Gasteiger partial charge on any atom is -0.389 e. The van der Waals surface area contributed by atoms with Crippen molar-refractivity contribution in [2.45, 2.75) is 25.9 Å². The monoisotopic (exact) mass is 259 g/mol. The van der Waals surface area contributed by atoms with Crippen LogP contribution in [0.1, 0.15) is 31.4 Å². The molecule has 2 aromatic heterocycles. The highest BCUT2D eigenvalue weighted by molar-refractivity contribution is 5.40. The number of nitrogens with zero attached hydrogens (tertiary/aromatic N) is 5. The fourth-order valence-electron chi connectivity index (χ4n) is 2.23. The Balaban J connectivity index is 1.89. The van der Waals surface area contributed by atoms with E-state index in [-0.39, 0.29) is 0 Å². The Labute approximate surface area is 111 Å². The predicted molar refractivity (Wildman–Crippen MR) is 71.2 cm³/mol. The summed E-state index contributed by atoms with van der Waals surface area (Å²) >= 11 is 0. The molecule has 0 aromatic carbocycles. The lowest BCUT2D eigenvalue weighted by Crippen LogP contribution is -2.19. The number of hydrogen-bond donors (Lipinski definition) is 1. The van der Waals surface area contributed by atoms with Gasteiger partial charge in [-0.05, 0) is 19.8 Å². The Kier molecular flexibility index (Phi) is 3.16. The predicted octanol–water partition coefficient (Wildman–Crippen LogP) is 1.32. The third-order valence-corrected chi connectivity index (χ3v) is 3.36. The summed E-state index contributed by atoms with van der Waals surface area (Å²) in [6.45, 7) is 3.79. The quantitative estimate of drug-likeness (QED) is 0.900. The SMILES string of the molecule is CC(O)c1cnn(-c2cncc(N3CCCC3)n2)c1. The average Bonchev–Trinajstić information content (AvgIpc) is 3.10. The van der Waals surface area contributed by atoms with Gasteiger partial charge < -0.3 is 10.0 Å². The summed E-state index contributed by atoms with van der Waals surface area (Å²) in [5.74, 6) is 1.57. The van der Waals surface area contributed by atoms with Crippen LogP contribution in [0.2, 0.25) is 0 Å². The molecule has 0 spiro atoms. The van der Waals surface area contributed by atoms with E-state index in [0.717, 1.165) is 24.5 Å². The van der Waals surface area contributed by atoms with Gasteiger partial charge in [-0.3, -0.25) is 4.98 Å². The van der Waals surface area contributed by atoms with Crippen molar-refractivity contribution in [1.82, 2.24) is 19.7 Å². The maximum Gasteiger partial charge on any atom is 0.173 e. The van der Waals surface area contributed by atoms with E-state index in [1.807, 2.05) is 0 Å². The van der Waals surface area contributed by atoms with Crippen LogP contribution in [0.4, 0.5) is 5.82 Å². The molecule has 6 nitrogen and oxygen atoms in total. The fourth-order valence-corrected chi connectivity index (χ4v) is 2.23. The van der Waals surface area contributed by atoms with Crippen LogP contribution in [0.25, 0.3) is 5.82 Å². The number of rotatable bonds is 3. The first-order chi connectivity index (χ1) is 9.24. The second-order valence-electron chi connectivity index (χ2n) is 4.82. The summed E-state index contributed by atoms with van der Waals surface area (Å²) in [5.41, 5.74) is 0.772. The van der Waals surface area contributed by atoms with Crippen LogP contribution in [0.5, 0.6) is 0 Å². The van der Waals surface area contributed by atoms with E-state index in [2.05, 4.69) is 20.0 Å². The van der Waals surface area contributed by atoms with Crippen molar-refractivity contribution in [3.8, 4) is 5.82 Å². The Morgan fingerprint density at radius 1 is 1.16 bits per heavy atom. The maximum atomic E-state index is 9.51. The molecule has 3 heterocycles. The summed E-state index contributed by atoms with van der Waals surface area (Å²) in [7, 11) is 0. The lowest BCUT2D eigenvalue weighted by molar-refractivity contribution is 0.199. The van der Waals surface area contributed by atoms with Crippen molar-refractivity contribution in [1.29, 1.82) is 0 Å². The van der Waals surface area contributed by atoms with Crippen LogP contribution in [-0.4, -0.2) is 37.9 Å². The van der Waals surface area contributed by atoms with Crippen molar-refractivity contribution in [2.75, 3.05) is 18.0 Å². The number of anilines is 1. The molecule has 0 aliphatic carbocycles. The Bertz CT molecular complexity index is 560. The van der Waals surface area contributed by atoms with E-state index >= 15 is 0 Å². The van der Waals surface area contributed by atoms with Gasteiger partial charge in [0.2, 0.25) is 0 Å². The highest BCUT2D eigenvalue weighted by Gasteiger charge is 2.15. The first-order valence-electron chi connectivity index (χ1n) is 6.54. The van der Waals surface area contributed by atoms with Gasteiger partial charge in [0.15, 0.2) is 5.82 Å². The van der Waals surface area contributed by atoms with Gasteiger partial charge in [0.1, 0.15) is 5.82 Å². The van der Waals surface area contributed by atoms with Crippen LogP contribution >= 0.6 is 0 Å². The summed E-state index contributed by atoms with van der Waals surface area (Å²) < 4.78 is 1.65. The maximum absolute atomic E-state index is 9.51. The molecule has 1 unspecified atom stereocenters. The second kappa shape index (κ2) is 4.97. The van der Waals surface area contributed by atoms with Crippen LogP contribution < -0.4 is 4.90 Å². The van der Waals surface area contributed by atoms with Crippen LogP contribution in [0, 0.1) is 0 Å². The van der Waals surface area contributed by atoms with E-state index < -0.39 is 6.10 Å². The first-order valence-corrected chi connectivity index (χ1v) is 6.54. The summed E-state index contributed by atoms with van der Waals surface area (Å²) in [5, 5.41) is 13.7. The topological polar surface area (TPSA) is 67.1 Å². The van der Waals surface area contributed by atoms with E-state index in [4.69, 9.17) is 0 Å². The number of aromatic nitrogens is 4. The lowest BCUT2D eigenvalue weighted by atomic mass is 10.2. The molecular weight excluding hydrogens is 242 g/mol. The van der Waals surface area contributed by atoms with Crippen LogP contribution in [0.3, 0.4) is 0 Å². The molecule has 3 rings (SSSR count). The highest BCUT2D eigenvalue weighted by atomic mass is 16.3. The Morgan fingerprint density at radius 3 is 2.58 bits per heavy atom. The first kappa shape index (κ1) is 12.1. The molecular formula is C13H17N5O. The van der Waals surface area contributed by atoms with Gasteiger partial charge in [0.25, 0.3) is 0 Å². The molecule has 0 bridgehead atoms. The molecule has 0 amide bonds. The molecule has 19 heavy (non-hydrogen) atoms. The van der Waals surface area contributed by atoms with Crippen molar-refractivity contribution >= 4 is 5.82 Å². The minimum atomic E-state index is -0.525. The van der Waals surface area contributed by atoms with Crippen molar-refractivity contribution in [3.63, 3.8) is 0 Å². The van der Waals surface area contributed by atoms with Gasteiger partial charge in [-0.15, -0.1) is 0 Å². The lowest BCUT2D eigenvalue weighted by Gasteiger charge is -2.16. The van der Waals surface area contributed by atoms with Crippen molar-refractivity contribution in [2.24, 2.45) is 0 Å². The molecule has 100 valence electrons. The van der Waals surface area contributed by atoms with E-state index in [0.29, 0.717) is 5.82 Å². The Morgan fingerprint density at radius 2 is 1.89 bits per heavy atom. The zero-order valence-corrected chi connectivity index (χ0v) is 10.9. The number of hydrogen-bond acceptors (Lipinski definition) is 5. The smallest absolute Gasteiger partial charge is 0.173 e. The molecule has 0 radical (unpaired) electrons. The molecule has 1 fully saturated rings. The largest absolute Gasteiger partial charge is 0.389 e. The third-order valence-electron chi connectivity index (χ3n) is 3.36. The van der Waals surface area contributed by atoms with Gasteiger partial charge in [-0.1, -0.05) is 0 Å². The fraction of sp³-hybridized carbons (Fsp3) is 0.462. The van der Waals surface area contributed by atoms with E-state index in [9.17, 15) is 5.11 Å². The zero-order chi connectivity index (χ0) is 13.2.